The number of alkyl halides is 4. The molecule has 0 unspecified atom stereocenters. The molecular formula is C17H9Cl2F4NS2. The predicted molar refractivity (Wildman–Crippen MR) is 99.8 cm³/mol. The summed E-state index contributed by atoms with van der Waals surface area (Å²) in [7, 11) is 0. The molecule has 9 heteroatoms. The predicted octanol–water partition coefficient (Wildman–Crippen LogP) is 7.73. The van der Waals surface area contributed by atoms with Gasteiger partial charge in [-0.15, -0.1) is 11.3 Å². The molecule has 0 aliphatic carbocycles. The number of nitrogens with zero attached hydrogens (tertiary/aromatic N) is 1. The molecule has 0 saturated heterocycles. The lowest BCUT2D eigenvalue weighted by molar-refractivity contribution is -0.0563. The van der Waals surface area contributed by atoms with Crippen molar-refractivity contribution in [2.45, 2.75) is 16.0 Å². The van der Waals surface area contributed by atoms with Crippen LogP contribution in [0.3, 0.4) is 0 Å². The lowest BCUT2D eigenvalue weighted by Crippen LogP contribution is -2.21. The molecule has 0 fully saturated rings. The highest BCUT2D eigenvalue weighted by Gasteiger charge is 2.43. The molecule has 136 valence electrons. The van der Waals surface area contributed by atoms with E-state index in [1.165, 1.54) is 0 Å². The summed E-state index contributed by atoms with van der Waals surface area (Å²) in [5, 5.41) is -3.19. The first-order valence-electron chi connectivity index (χ1n) is 7.14. The highest BCUT2D eigenvalue weighted by molar-refractivity contribution is 8.02. The van der Waals surface area contributed by atoms with Gasteiger partial charge in [0.25, 0.3) is 0 Å². The molecule has 0 amide bonds. The van der Waals surface area contributed by atoms with Crippen molar-refractivity contribution in [3.05, 3.63) is 58.6 Å². The third kappa shape index (κ3) is 4.34. The Morgan fingerprint density at radius 2 is 1.38 bits per heavy atom. The van der Waals surface area contributed by atoms with E-state index in [0.717, 1.165) is 11.3 Å². The van der Waals surface area contributed by atoms with Crippen molar-refractivity contribution in [3.63, 3.8) is 0 Å². The Morgan fingerprint density at radius 3 is 1.88 bits per heavy atom. The van der Waals surface area contributed by atoms with Crippen LogP contribution in [0.2, 0.25) is 10.0 Å². The van der Waals surface area contributed by atoms with Crippen molar-refractivity contribution in [1.82, 2.24) is 4.98 Å². The fourth-order valence-corrected chi connectivity index (χ4v) is 4.39. The minimum absolute atomic E-state index is 0.148. The molecule has 1 aromatic heterocycles. The zero-order valence-corrected chi connectivity index (χ0v) is 15.9. The summed E-state index contributed by atoms with van der Waals surface area (Å²) in [5.41, 5.74) is 1.76. The maximum absolute atomic E-state index is 13.4. The van der Waals surface area contributed by atoms with Crippen LogP contribution >= 0.6 is 46.3 Å². The zero-order valence-electron chi connectivity index (χ0n) is 12.7. The van der Waals surface area contributed by atoms with Gasteiger partial charge in [0, 0.05) is 15.6 Å². The summed E-state index contributed by atoms with van der Waals surface area (Å²) in [4.78, 5) is 4.75. The number of hydrogen-bond acceptors (Lipinski definition) is 3. The molecule has 1 nitrogen and oxygen atoms in total. The van der Waals surface area contributed by atoms with Crippen molar-refractivity contribution in [1.29, 1.82) is 0 Å². The van der Waals surface area contributed by atoms with Gasteiger partial charge in [-0.3, -0.25) is 0 Å². The van der Waals surface area contributed by atoms with E-state index in [-0.39, 0.29) is 16.1 Å². The van der Waals surface area contributed by atoms with Gasteiger partial charge in [-0.1, -0.05) is 47.5 Å². The molecule has 3 aromatic rings. The molecule has 0 radical (unpaired) electrons. The highest BCUT2D eigenvalue weighted by atomic mass is 35.5. The van der Waals surface area contributed by atoms with E-state index in [1.54, 1.807) is 48.5 Å². The van der Waals surface area contributed by atoms with E-state index in [2.05, 4.69) is 4.98 Å². The number of hydrogen-bond donors (Lipinski definition) is 0. The van der Waals surface area contributed by atoms with Gasteiger partial charge in [-0.05, 0) is 41.6 Å². The van der Waals surface area contributed by atoms with Gasteiger partial charge >= 0.3 is 11.7 Å². The summed E-state index contributed by atoms with van der Waals surface area (Å²) < 4.78 is 51.7. The van der Waals surface area contributed by atoms with Gasteiger partial charge in [-0.25, -0.2) is 13.8 Å². The van der Waals surface area contributed by atoms with Crippen molar-refractivity contribution in [2.24, 2.45) is 0 Å². The summed E-state index contributed by atoms with van der Waals surface area (Å²) in [5.74, 6) is 0. The van der Waals surface area contributed by atoms with Gasteiger partial charge in [-0.2, -0.15) is 8.78 Å². The molecule has 0 spiro atoms. The van der Waals surface area contributed by atoms with Crippen LogP contribution in [0, 0.1) is 0 Å². The molecule has 0 atom stereocenters. The van der Waals surface area contributed by atoms with E-state index in [1.807, 2.05) is 0 Å². The van der Waals surface area contributed by atoms with Gasteiger partial charge in [0.1, 0.15) is 0 Å². The van der Waals surface area contributed by atoms with E-state index in [4.69, 9.17) is 23.2 Å². The topological polar surface area (TPSA) is 12.9 Å². The van der Waals surface area contributed by atoms with Crippen molar-refractivity contribution >= 4 is 46.3 Å². The van der Waals surface area contributed by atoms with Crippen LogP contribution in [0.5, 0.6) is 0 Å². The standard InChI is InChI=1S/C17H9Cl2F4NS2/c18-11-5-1-9(2-6-11)13-14(10-3-7-12(19)8-4-10)25-16(24-13)26-17(22,23)15(20)21/h1-8,15H. The summed E-state index contributed by atoms with van der Waals surface area (Å²) >= 11 is 12.4. The number of thiazole rings is 1. The Morgan fingerprint density at radius 1 is 0.885 bits per heavy atom. The first-order valence-corrected chi connectivity index (χ1v) is 9.53. The molecule has 2 aromatic carbocycles. The smallest absolute Gasteiger partial charge is 0.229 e. The van der Waals surface area contributed by atoms with Crippen LogP contribution in [-0.4, -0.2) is 16.7 Å². The molecular weight excluding hydrogens is 429 g/mol. The Bertz CT molecular complexity index is 833. The highest BCUT2D eigenvalue weighted by Crippen LogP contribution is 2.46. The monoisotopic (exact) mass is 437 g/mol. The normalized spacial score (nSPS) is 12.0. The molecule has 0 aliphatic rings. The molecule has 0 saturated carbocycles. The minimum atomic E-state index is -4.22. The second-order valence-electron chi connectivity index (χ2n) is 5.14. The Kier molecular flexibility index (Phi) is 5.81. The van der Waals surface area contributed by atoms with Gasteiger partial charge in [0.05, 0.1) is 10.6 Å². The quantitative estimate of drug-likeness (QED) is 0.299. The van der Waals surface area contributed by atoms with Crippen molar-refractivity contribution < 1.29 is 17.6 Å². The van der Waals surface area contributed by atoms with Crippen molar-refractivity contribution in [3.8, 4) is 21.7 Å². The van der Waals surface area contributed by atoms with E-state index >= 15 is 0 Å². The van der Waals surface area contributed by atoms with E-state index in [9.17, 15) is 17.6 Å². The zero-order chi connectivity index (χ0) is 18.9. The van der Waals surface area contributed by atoms with Gasteiger partial charge in [0.2, 0.25) is 0 Å². The van der Waals surface area contributed by atoms with Gasteiger partial charge < -0.3 is 0 Å². The lowest BCUT2D eigenvalue weighted by atomic mass is 10.1. The summed E-state index contributed by atoms with van der Waals surface area (Å²) in [6.45, 7) is 0. The summed E-state index contributed by atoms with van der Waals surface area (Å²) in [6.07, 6.45) is -3.78. The summed E-state index contributed by atoms with van der Waals surface area (Å²) in [6, 6.07) is 13.4. The van der Waals surface area contributed by atoms with Crippen LogP contribution in [0.4, 0.5) is 17.6 Å². The largest absolute Gasteiger partial charge is 0.359 e. The van der Waals surface area contributed by atoms with Gasteiger partial charge in [0.15, 0.2) is 4.34 Å². The Hall–Kier alpha value is -1.28. The first-order chi connectivity index (χ1) is 12.3. The van der Waals surface area contributed by atoms with Crippen LogP contribution in [0.1, 0.15) is 0 Å². The number of benzene rings is 2. The van der Waals surface area contributed by atoms with Crippen molar-refractivity contribution in [2.75, 3.05) is 0 Å². The molecule has 0 bridgehead atoms. The second-order valence-corrected chi connectivity index (χ2v) is 8.40. The third-order valence-electron chi connectivity index (χ3n) is 3.31. The molecule has 1 heterocycles. The minimum Gasteiger partial charge on any atom is -0.229 e. The van der Waals surface area contributed by atoms with E-state index in [0.29, 0.717) is 31.7 Å². The Labute approximate surface area is 165 Å². The average Bonchev–Trinajstić information content (AvgIpc) is 2.99. The maximum Gasteiger partial charge on any atom is 0.359 e. The molecule has 26 heavy (non-hydrogen) atoms. The maximum atomic E-state index is 13.4. The van der Waals surface area contributed by atoms with Crippen LogP contribution in [0.15, 0.2) is 52.9 Å². The first kappa shape index (κ1) is 19.5. The molecule has 0 N–H and O–H groups in total. The number of rotatable bonds is 5. The fourth-order valence-electron chi connectivity index (χ4n) is 2.11. The SMILES string of the molecule is FC(F)C(F)(F)Sc1nc(-c2ccc(Cl)cc2)c(-c2ccc(Cl)cc2)s1. The van der Waals surface area contributed by atoms with E-state index < -0.39 is 11.7 Å². The third-order valence-corrected chi connectivity index (χ3v) is 5.93. The number of thioether (sulfide) groups is 1. The average molecular weight is 438 g/mol. The second kappa shape index (κ2) is 7.76. The van der Waals surface area contributed by atoms with Crippen LogP contribution < -0.4 is 0 Å². The lowest BCUT2D eigenvalue weighted by Gasteiger charge is -2.11. The molecule has 0 aliphatic heterocycles. The Balaban J connectivity index is 2.08. The van der Waals surface area contributed by atoms with Crippen LogP contribution in [-0.2, 0) is 0 Å². The molecule has 3 rings (SSSR count). The number of aromatic nitrogens is 1. The fraction of sp³-hybridized carbons (Fsp3) is 0.118. The van der Waals surface area contributed by atoms with Crippen LogP contribution in [0.25, 0.3) is 21.7 Å². The number of halogens is 6.